The molecule has 0 saturated carbocycles. The Hall–Kier alpha value is -4.64. The zero-order valence-electron chi connectivity index (χ0n) is 20.0. The Morgan fingerprint density at radius 3 is 2.55 bits per heavy atom. The van der Waals surface area contributed by atoms with E-state index in [2.05, 4.69) is 15.6 Å². The van der Waals surface area contributed by atoms with Gasteiger partial charge in [-0.15, -0.1) is 0 Å². The van der Waals surface area contributed by atoms with E-state index in [1.165, 1.54) is 24.3 Å². The highest BCUT2D eigenvalue weighted by molar-refractivity contribution is 7.80. The van der Waals surface area contributed by atoms with Gasteiger partial charge in [-0.25, -0.2) is 4.39 Å². The number of thiocarbonyl (C=S) groups is 1. The van der Waals surface area contributed by atoms with Crippen LogP contribution in [-0.4, -0.2) is 36.9 Å². The number of nitrogens with one attached hydrogen (secondary N) is 2. The molecule has 0 radical (unpaired) electrons. The number of non-ortho nitro benzene ring substituents is 1. The topological polar surface area (TPSA) is 105 Å². The lowest BCUT2D eigenvalue weighted by molar-refractivity contribution is -0.384. The van der Waals surface area contributed by atoms with Crippen LogP contribution in [-0.2, 0) is 4.79 Å². The Morgan fingerprint density at radius 2 is 1.84 bits per heavy atom. The molecule has 192 valence electrons. The van der Waals surface area contributed by atoms with Crippen LogP contribution in [0.3, 0.4) is 0 Å². The number of nitrogens with zero attached hydrogens (tertiary/aromatic N) is 4. The van der Waals surface area contributed by atoms with Crippen LogP contribution in [0.5, 0.6) is 0 Å². The molecule has 3 heterocycles. The lowest BCUT2D eigenvalue weighted by atomic mass is 10.0. The van der Waals surface area contributed by atoms with Crippen molar-refractivity contribution in [3.05, 3.63) is 119 Å². The molecule has 2 N–H and O–H groups in total. The second kappa shape index (κ2) is 10.8. The highest BCUT2D eigenvalue weighted by atomic mass is 32.1. The number of amides is 1. The number of hydrogen-bond donors (Lipinski definition) is 2. The fourth-order valence-electron chi connectivity index (χ4n) is 4.57. The zero-order chi connectivity index (χ0) is 26.6. The summed E-state index contributed by atoms with van der Waals surface area (Å²) in [5, 5.41) is 17.5. The smallest absolute Gasteiger partial charge is 0.269 e. The van der Waals surface area contributed by atoms with Gasteiger partial charge in [-0.2, -0.15) is 0 Å². The van der Waals surface area contributed by atoms with Crippen LogP contribution in [0.4, 0.5) is 15.8 Å². The molecule has 38 heavy (non-hydrogen) atoms. The van der Waals surface area contributed by atoms with Crippen LogP contribution < -0.4 is 10.6 Å². The number of benzene rings is 2. The van der Waals surface area contributed by atoms with E-state index in [1.54, 1.807) is 30.5 Å². The van der Waals surface area contributed by atoms with Crippen molar-refractivity contribution >= 4 is 34.6 Å². The summed E-state index contributed by atoms with van der Waals surface area (Å²) in [6, 6.07) is 21.1. The van der Waals surface area contributed by atoms with Gasteiger partial charge in [0.15, 0.2) is 5.11 Å². The first kappa shape index (κ1) is 25.0. The molecule has 5 rings (SSSR count). The Kier molecular flexibility index (Phi) is 7.09. The van der Waals surface area contributed by atoms with Crippen LogP contribution in [0.1, 0.15) is 29.9 Å². The van der Waals surface area contributed by atoms with Gasteiger partial charge in [0.05, 0.1) is 28.4 Å². The third-order valence-corrected chi connectivity index (χ3v) is 6.70. The van der Waals surface area contributed by atoms with Crippen molar-refractivity contribution in [1.82, 2.24) is 19.8 Å². The monoisotopic (exact) mass is 530 g/mol. The number of nitro groups is 1. The maximum absolute atomic E-state index is 14.0. The molecule has 2 aromatic carbocycles. The highest BCUT2D eigenvalue weighted by Crippen LogP contribution is 2.39. The number of rotatable bonds is 8. The predicted octanol–water partition coefficient (Wildman–Crippen LogP) is 4.92. The van der Waals surface area contributed by atoms with E-state index in [-0.39, 0.29) is 42.3 Å². The van der Waals surface area contributed by atoms with Crippen molar-refractivity contribution in [1.29, 1.82) is 0 Å². The molecule has 1 aliphatic rings. The number of para-hydroxylation sites is 1. The quantitative estimate of drug-likeness (QED) is 0.189. The van der Waals surface area contributed by atoms with Crippen molar-refractivity contribution in [3.8, 4) is 5.69 Å². The predicted molar refractivity (Wildman–Crippen MR) is 144 cm³/mol. The third-order valence-electron chi connectivity index (χ3n) is 6.35. The summed E-state index contributed by atoms with van der Waals surface area (Å²) < 4.78 is 15.9. The van der Waals surface area contributed by atoms with E-state index in [0.717, 1.165) is 17.1 Å². The summed E-state index contributed by atoms with van der Waals surface area (Å²) in [7, 11) is 0. The number of carbonyl (C=O) groups excluding carboxylic acids is 1. The van der Waals surface area contributed by atoms with Crippen molar-refractivity contribution in [3.63, 3.8) is 0 Å². The minimum atomic E-state index is -0.506. The molecular formula is C27H23FN6O3S. The minimum absolute atomic E-state index is 0.0000192. The van der Waals surface area contributed by atoms with Crippen LogP contribution in [0, 0.1) is 15.9 Å². The van der Waals surface area contributed by atoms with E-state index in [9.17, 15) is 19.3 Å². The van der Waals surface area contributed by atoms with Crippen LogP contribution >= 0.6 is 12.2 Å². The first-order valence-electron chi connectivity index (χ1n) is 11.9. The van der Waals surface area contributed by atoms with E-state index < -0.39 is 10.7 Å². The summed E-state index contributed by atoms with van der Waals surface area (Å²) >= 11 is 5.69. The number of pyridine rings is 1. The average molecular weight is 531 g/mol. The first-order valence-corrected chi connectivity index (χ1v) is 12.3. The molecule has 1 amide bonds. The molecule has 0 spiro atoms. The lowest BCUT2D eigenvalue weighted by Gasteiger charge is -2.28. The fraction of sp³-hybridized carbons (Fsp3) is 0.148. The summed E-state index contributed by atoms with van der Waals surface area (Å²) in [4.78, 5) is 29.8. The normalized spacial score (nSPS) is 16.8. The van der Waals surface area contributed by atoms with Gasteiger partial charge in [0, 0.05) is 48.9 Å². The average Bonchev–Trinajstić information content (AvgIpc) is 3.53. The van der Waals surface area contributed by atoms with Crippen LogP contribution in [0.15, 0.2) is 91.3 Å². The number of aromatic nitrogens is 2. The molecule has 1 aliphatic heterocycles. The largest absolute Gasteiger partial charge is 0.352 e. The zero-order valence-corrected chi connectivity index (χ0v) is 20.8. The Balaban J connectivity index is 1.45. The molecule has 0 aliphatic carbocycles. The Labute approximate surface area is 223 Å². The molecular weight excluding hydrogens is 507 g/mol. The lowest BCUT2D eigenvalue weighted by Crippen LogP contribution is -2.33. The first-order chi connectivity index (χ1) is 18.4. The van der Waals surface area contributed by atoms with Crippen LogP contribution in [0.25, 0.3) is 5.69 Å². The SMILES string of the molecule is O=C(CCN1C(=S)N[C@@H](c2ccccn2)[C@H]1c1cccn1-c1ccc([N+](=O)[O-])cc1)Nc1ccccc1F. The summed E-state index contributed by atoms with van der Waals surface area (Å²) in [6.07, 6.45) is 3.65. The van der Waals surface area contributed by atoms with E-state index in [1.807, 2.05) is 46.0 Å². The molecule has 2 atom stereocenters. The number of carbonyl (C=O) groups is 1. The maximum atomic E-state index is 14.0. The molecule has 2 aromatic heterocycles. The van der Waals surface area contributed by atoms with Gasteiger partial charge < -0.3 is 20.1 Å². The van der Waals surface area contributed by atoms with Gasteiger partial charge in [-0.1, -0.05) is 18.2 Å². The van der Waals surface area contributed by atoms with Gasteiger partial charge in [0.25, 0.3) is 5.69 Å². The molecule has 1 saturated heterocycles. The summed E-state index contributed by atoms with van der Waals surface area (Å²) in [6.45, 7) is 0.269. The third kappa shape index (κ3) is 5.09. The van der Waals surface area contributed by atoms with Gasteiger partial charge in [-0.3, -0.25) is 19.9 Å². The van der Waals surface area contributed by atoms with Gasteiger partial charge in [0.2, 0.25) is 5.91 Å². The van der Waals surface area contributed by atoms with Crippen molar-refractivity contribution in [2.75, 3.05) is 11.9 Å². The van der Waals surface area contributed by atoms with Crippen LogP contribution in [0.2, 0.25) is 0 Å². The Morgan fingerprint density at radius 1 is 1.08 bits per heavy atom. The Bertz CT molecular complexity index is 1480. The van der Waals surface area contributed by atoms with E-state index in [0.29, 0.717) is 5.11 Å². The van der Waals surface area contributed by atoms with Crippen molar-refractivity contribution in [2.45, 2.75) is 18.5 Å². The minimum Gasteiger partial charge on any atom is -0.352 e. The molecule has 11 heteroatoms. The van der Waals surface area contributed by atoms with E-state index in [4.69, 9.17) is 12.2 Å². The molecule has 1 fully saturated rings. The highest BCUT2D eigenvalue weighted by Gasteiger charge is 2.41. The number of nitro benzene ring substituents is 1. The van der Waals surface area contributed by atoms with Gasteiger partial charge in [0.1, 0.15) is 5.82 Å². The molecule has 9 nitrogen and oxygen atoms in total. The number of hydrogen-bond acceptors (Lipinski definition) is 5. The molecule has 4 aromatic rings. The number of halogens is 1. The van der Waals surface area contributed by atoms with Gasteiger partial charge in [-0.05, 0) is 60.7 Å². The van der Waals surface area contributed by atoms with Gasteiger partial charge >= 0.3 is 0 Å². The standard InChI is InChI=1S/C27H23FN6O3S/c28-20-6-1-2-7-21(20)30-24(35)14-17-33-26(25(31-27(33)38)22-8-3-4-15-29-22)23-9-5-16-32(23)18-10-12-19(13-11-18)34(36)37/h1-13,15-16,25-26H,14,17H2,(H,30,35)(H,31,38)/t25-,26+/m0/s1. The second-order valence-corrected chi connectivity index (χ2v) is 9.06. The molecule has 0 bridgehead atoms. The van der Waals surface area contributed by atoms with E-state index >= 15 is 0 Å². The number of anilines is 1. The maximum Gasteiger partial charge on any atom is 0.269 e. The van der Waals surface area contributed by atoms with Crippen molar-refractivity contribution in [2.24, 2.45) is 0 Å². The summed E-state index contributed by atoms with van der Waals surface area (Å²) in [5.41, 5.74) is 2.49. The fourth-order valence-corrected chi connectivity index (χ4v) is 4.90. The summed E-state index contributed by atoms with van der Waals surface area (Å²) in [5.74, 6) is -0.850. The second-order valence-electron chi connectivity index (χ2n) is 8.67. The van der Waals surface area contributed by atoms with Crippen molar-refractivity contribution < 1.29 is 14.1 Å². The molecule has 0 unspecified atom stereocenters.